The van der Waals surface area contributed by atoms with Crippen molar-refractivity contribution in [1.29, 1.82) is 0 Å². The molecular weight excluding hydrogens is 266 g/mol. The minimum Gasteiger partial charge on any atom is -0.347 e. The number of carbonyl (C=O) groups excluding carboxylic acids is 2. The summed E-state index contributed by atoms with van der Waals surface area (Å²) in [7, 11) is 3.23. The van der Waals surface area contributed by atoms with E-state index in [1.807, 2.05) is 0 Å². The molecule has 108 valence electrons. The summed E-state index contributed by atoms with van der Waals surface area (Å²) in [6.45, 7) is 0.418. The zero-order valence-corrected chi connectivity index (χ0v) is 11.4. The third-order valence-corrected chi connectivity index (χ3v) is 3.35. The summed E-state index contributed by atoms with van der Waals surface area (Å²) in [6, 6.07) is 2.13. The molecule has 1 aliphatic heterocycles. The lowest BCUT2D eigenvalue weighted by Crippen LogP contribution is -2.45. The highest BCUT2D eigenvalue weighted by molar-refractivity contribution is 5.97. The van der Waals surface area contributed by atoms with Crippen molar-refractivity contribution in [3.8, 4) is 0 Å². The molecule has 20 heavy (non-hydrogen) atoms. The first-order valence-corrected chi connectivity index (χ1v) is 6.38. The van der Waals surface area contributed by atoms with Crippen LogP contribution in [0.15, 0.2) is 18.2 Å². The van der Waals surface area contributed by atoms with Crippen LogP contribution in [0.25, 0.3) is 0 Å². The Balaban J connectivity index is 2.25. The van der Waals surface area contributed by atoms with Gasteiger partial charge in [0, 0.05) is 32.3 Å². The van der Waals surface area contributed by atoms with E-state index >= 15 is 0 Å². The Hall–Kier alpha value is -1.98. The minimum absolute atomic E-state index is 0.0686. The van der Waals surface area contributed by atoms with Gasteiger partial charge >= 0.3 is 0 Å². The van der Waals surface area contributed by atoms with Crippen LogP contribution in [0, 0.1) is 11.6 Å². The van der Waals surface area contributed by atoms with Gasteiger partial charge in [-0.25, -0.2) is 8.78 Å². The monoisotopic (exact) mass is 282 g/mol. The van der Waals surface area contributed by atoms with Crippen molar-refractivity contribution >= 4 is 11.8 Å². The van der Waals surface area contributed by atoms with E-state index in [2.05, 4.69) is 0 Å². The molecule has 4 nitrogen and oxygen atoms in total. The molecule has 1 saturated heterocycles. The highest BCUT2D eigenvalue weighted by atomic mass is 19.1. The standard InChI is InChI=1S/C14H16F2N2O2/c1-17(2)14(20)12-4-3-5-18(12)13(19)9-6-10(15)8-11(16)7-9/h6-8,12H,3-5H2,1-2H3. The van der Waals surface area contributed by atoms with Crippen LogP contribution < -0.4 is 0 Å². The molecule has 1 atom stereocenters. The van der Waals surface area contributed by atoms with E-state index in [4.69, 9.17) is 0 Å². The van der Waals surface area contributed by atoms with Crippen molar-refractivity contribution in [1.82, 2.24) is 9.80 Å². The summed E-state index contributed by atoms with van der Waals surface area (Å²) >= 11 is 0. The first kappa shape index (κ1) is 14.4. The highest BCUT2D eigenvalue weighted by Crippen LogP contribution is 2.22. The van der Waals surface area contributed by atoms with Gasteiger partial charge in [0.2, 0.25) is 5.91 Å². The molecule has 1 aromatic rings. The number of hydrogen-bond donors (Lipinski definition) is 0. The topological polar surface area (TPSA) is 40.6 Å². The van der Waals surface area contributed by atoms with Gasteiger partial charge in [0.1, 0.15) is 17.7 Å². The normalized spacial score (nSPS) is 18.2. The van der Waals surface area contributed by atoms with Crippen LogP contribution >= 0.6 is 0 Å². The van der Waals surface area contributed by atoms with E-state index in [0.29, 0.717) is 25.5 Å². The van der Waals surface area contributed by atoms with Crippen molar-refractivity contribution in [3.05, 3.63) is 35.4 Å². The molecule has 0 N–H and O–H groups in total. The molecule has 1 fully saturated rings. The largest absolute Gasteiger partial charge is 0.347 e. The maximum atomic E-state index is 13.2. The SMILES string of the molecule is CN(C)C(=O)C1CCCN1C(=O)c1cc(F)cc(F)c1. The first-order chi connectivity index (χ1) is 9.40. The average Bonchev–Trinajstić information content (AvgIpc) is 2.84. The summed E-state index contributed by atoms with van der Waals surface area (Å²) in [5.74, 6) is -2.29. The van der Waals surface area contributed by atoms with Crippen molar-refractivity contribution in [3.63, 3.8) is 0 Å². The van der Waals surface area contributed by atoms with Crippen molar-refractivity contribution in [2.24, 2.45) is 0 Å². The second-order valence-electron chi connectivity index (χ2n) is 5.05. The van der Waals surface area contributed by atoms with Crippen molar-refractivity contribution in [2.75, 3.05) is 20.6 Å². The van der Waals surface area contributed by atoms with Gasteiger partial charge in [-0.3, -0.25) is 9.59 Å². The summed E-state index contributed by atoms with van der Waals surface area (Å²) in [5, 5.41) is 0. The molecule has 1 aliphatic rings. The average molecular weight is 282 g/mol. The van der Waals surface area contributed by atoms with Gasteiger partial charge in [0.25, 0.3) is 5.91 Å². The Bertz CT molecular complexity index is 526. The lowest BCUT2D eigenvalue weighted by atomic mass is 10.1. The van der Waals surface area contributed by atoms with Crippen LogP contribution in [0.2, 0.25) is 0 Å². The van der Waals surface area contributed by atoms with E-state index in [-0.39, 0.29) is 11.5 Å². The van der Waals surface area contributed by atoms with Crippen molar-refractivity contribution in [2.45, 2.75) is 18.9 Å². The van der Waals surface area contributed by atoms with Gasteiger partial charge < -0.3 is 9.80 Å². The van der Waals surface area contributed by atoms with Crippen LogP contribution in [-0.2, 0) is 4.79 Å². The Morgan fingerprint density at radius 2 is 1.80 bits per heavy atom. The van der Waals surface area contributed by atoms with Crippen LogP contribution in [0.3, 0.4) is 0 Å². The summed E-state index contributed by atoms with van der Waals surface area (Å²) in [5.41, 5.74) is -0.0686. The molecule has 6 heteroatoms. The predicted octanol–water partition coefficient (Wildman–Crippen LogP) is 1.66. The van der Waals surface area contributed by atoms with Gasteiger partial charge in [-0.15, -0.1) is 0 Å². The molecule has 2 rings (SSSR count). The maximum Gasteiger partial charge on any atom is 0.254 e. The van der Waals surface area contributed by atoms with E-state index in [0.717, 1.165) is 12.1 Å². The molecule has 0 aromatic heterocycles. The number of likely N-dealkylation sites (N-methyl/N-ethyl adjacent to an activating group) is 1. The number of rotatable bonds is 2. The molecule has 0 radical (unpaired) electrons. The fraction of sp³-hybridized carbons (Fsp3) is 0.429. The lowest BCUT2D eigenvalue weighted by Gasteiger charge is -2.26. The number of hydrogen-bond acceptors (Lipinski definition) is 2. The van der Waals surface area contributed by atoms with Crippen LogP contribution in [0.5, 0.6) is 0 Å². The number of amides is 2. The van der Waals surface area contributed by atoms with Gasteiger partial charge in [0.05, 0.1) is 0 Å². The molecule has 1 unspecified atom stereocenters. The number of halogens is 2. The van der Waals surface area contributed by atoms with E-state index in [9.17, 15) is 18.4 Å². The second-order valence-corrected chi connectivity index (χ2v) is 5.05. The molecule has 0 aliphatic carbocycles. The lowest BCUT2D eigenvalue weighted by molar-refractivity contribution is -0.132. The van der Waals surface area contributed by atoms with E-state index < -0.39 is 23.6 Å². The minimum atomic E-state index is -0.803. The summed E-state index contributed by atoms with van der Waals surface area (Å²) in [4.78, 5) is 27.1. The van der Waals surface area contributed by atoms with Gasteiger partial charge in [-0.05, 0) is 25.0 Å². The fourth-order valence-electron chi connectivity index (χ4n) is 2.41. The molecule has 1 heterocycles. The molecule has 0 spiro atoms. The number of carbonyl (C=O) groups is 2. The van der Waals surface area contributed by atoms with Crippen LogP contribution in [-0.4, -0.2) is 48.3 Å². The predicted molar refractivity (Wildman–Crippen MR) is 69.1 cm³/mol. The second kappa shape index (κ2) is 5.56. The third kappa shape index (κ3) is 2.79. The van der Waals surface area contributed by atoms with Crippen LogP contribution in [0.1, 0.15) is 23.2 Å². The maximum absolute atomic E-state index is 13.2. The molecule has 2 amide bonds. The van der Waals surface area contributed by atoms with Crippen molar-refractivity contribution < 1.29 is 18.4 Å². The summed E-state index contributed by atoms with van der Waals surface area (Å²) in [6.07, 6.45) is 1.27. The third-order valence-electron chi connectivity index (χ3n) is 3.35. The highest BCUT2D eigenvalue weighted by Gasteiger charge is 2.35. The zero-order chi connectivity index (χ0) is 14.9. The van der Waals surface area contributed by atoms with Gasteiger partial charge in [-0.2, -0.15) is 0 Å². The first-order valence-electron chi connectivity index (χ1n) is 6.38. The van der Waals surface area contributed by atoms with E-state index in [1.165, 1.54) is 9.80 Å². The fourth-order valence-corrected chi connectivity index (χ4v) is 2.41. The van der Waals surface area contributed by atoms with Crippen LogP contribution in [0.4, 0.5) is 8.78 Å². The molecular formula is C14H16F2N2O2. The van der Waals surface area contributed by atoms with E-state index in [1.54, 1.807) is 14.1 Å². The Morgan fingerprint density at radius 3 is 2.35 bits per heavy atom. The smallest absolute Gasteiger partial charge is 0.254 e. The Labute approximate surface area is 116 Å². The Kier molecular flexibility index (Phi) is 4.01. The molecule has 0 bridgehead atoms. The number of benzene rings is 1. The number of likely N-dealkylation sites (tertiary alicyclic amines) is 1. The summed E-state index contributed by atoms with van der Waals surface area (Å²) < 4.78 is 26.3. The Morgan fingerprint density at radius 1 is 1.20 bits per heavy atom. The zero-order valence-electron chi connectivity index (χ0n) is 11.4. The molecule has 0 saturated carbocycles. The molecule has 1 aromatic carbocycles. The number of nitrogens with zero attached hydrogens (tertiary/aromatic N) is 2. The quantitative estimate of drug-likeness (QED) is 0.827. The van der Waals surface area contributed by atoms with Gasteiger partial charge in [0.15, 0.2) is 0 Å². The van der Waals surface area contributed by atoms with Gasteiger partial charge in [-0.1, -0.05) is 0 Å².